The molecule has 2 aromatic heterocycles. The van der Waals surface area contributed by atoms with Gasteiger partial charge in [-0.15, -0.1) is 0 Å². The van der Waals surface area contributed by atoms with Gasteiger partial charge in [0.1, 0.15) is 9.79 Å². The Bertz CT molecular complexity index is 1930. The topological polar surface area (TPSA) is 118 Å². The van der Waals surface area contributed by atoms with Gasteiger partial charge in [-0.25, -0.2) is 16.8 Å². The highest BCUT2D eigenvalue weighted by Gasteiger charge is 2.19. The third kappa shape index (κ3) is 5.60. The molecule has 0 bridgehead atoms. The monoisotopic (exact) mass is 580 g/mol. The number of para-hydroxylation sites is 2. The number of hydrogen-bond acceptors (Lipinski definition) is 6. The molecule has 0 unspecified atom stereocenters. The van der Waals surface area contributed by atoms with E-state index in [9.17, 15) is 16.8 Å². The molecule has 0 aliphatic rings. The fourth-order valence-corrected chi connectivity index (χ4v) is 7.10. The van der Waals surface area contributed by atoms with Gasteiger partial charge < -0.3 is 0 Å². The summed E-state index contributed by atoms with van der Waals surface area (Å²) in [7, 11) is -7.67. The molecule has 0 aliphatic carbocycles. The van der Waals surface area contributed by atoms with E-state index in [4.69, 9.17) is 0 Å². The third-order valence-electron chi connectivity index (χ3n) is 6.59. The Morgan fingerprint density at radius 3 is 1.29 bits per heavy atom. The van der Waals surface area contributed by atoms with Crippen molar-refractivity contribution in [1.29, 1.82) is 0 Å². The van der Waals surface area contributed by atoms with Gasteiger partial charge in [-0.2, -0.15) is 0 Å². The Morgan fingerprint density at radius 1 is 0.488 bits per heavy atom. The van der Waals surface area contributed by atoms with E-state index in [1.54, 1.807) is 60.9 Å². The minimum Gasteiger partial charge on any atom is -0.280 e. The van der Waals surface area contributed by atoms with E-state index in [0.717, 1.165) is 21.9 Å². The van der Waals surface area contributed by atoms with Crippen LogP contribution >= 0.6 is 0 Å². The maximum atomic E-state index is 13.1. The summed E-state index contributed by atoms with van der Waals surface area (Å²) in [5.74, 6) is 0. The molecule has 41 heavy (non-hydrogen) atoms. The summed E-state index contributed by atoms with van der Waals surface area (Å²) in [4.78, 5) is 8.72. The van der Waals surface area contributed by atoms with Crippen molar-refractivity contribution in [3.63, 3.8) is 0 Å². The van der Waals surface area contributed by atoms with Crippen molar-refractivity contribution in [2.24, 2.45) is 0 Å². The number of hydrogen-bond donors (Lipinski definition) is 2. The molecule has 0 saturated heterocycles. The zero-order chi connectivity index (χ0) is 28.5. The highest BCUT2D eigenvalue weighted by Crippen LogP contribution is 2.25. The summed E-state index contributed by atoms with van der Waals surface area (Å²) in [5, 5.41) is 1.49. The van der Waals surface area contributed by atoms with Crippen LogP contribution in [0, 0.1) is 0 Å². The Morgan fingerprint density at radius 2 is 0.878 bits per heavy atom. The molecular formula is C31H24N4O4S2. The summed E-state index contributed by atoms with van der Waals surface area (Å²) >= 11 is 0. The number of nitrogens with one attached hydrogen (secondary N) is 2. The fraction of sp³-hybridized carbons (Fsp3) is 0.0323. The first-order valence-electron chi connectivity index (χ1n) is 12.7. The first-order chi connectivity index (χ1) is 19.8. The van der Waals surface area contributed by atoms with Gasteiger partial charge in [0.15, 0.2) is 0 Å². The van der Waals surface area contributed by atoms with Gasteiger partial charge in [0, 0.05) is 34.5 Å². The molecule has 8 nitrogen and oxygen atoms in total. The van der Waals surface area contributed by atoms with Crippen LogP contribution in [-0.4, -0.2) is 26.8 Å². The molecule has 6 rings (SSSR count). The van der Waals surface area contributed by atoms with Crippen molar-refractivity contribution >= 4 is 53.2 Å². The van der Waals surface area contributed by atoms with Gasteiger partial charge in [-0.1, -0.05) is 60.7 Å². The maximum absolute atomic E-state index is 13.1. The summed E-state index contributed by atoms with van der Waals surface area (Å²) < 4.78 is 57.6. The molecule has 0 aliphatic heterocycles. The van der Waals surface area contributed by atoms with Crippen LogP contribution in [0.15, 0.2) is 131 Å². The lowest BCUT2D eigenvalue weighted by atomic mass is 10.0. The van der Waals surface area contributed by atoms with Crippen molar-refractivity contribution in [3.05, 3.63) is 133 Å². The van der Waals surface area contributed by atoms with E-state index >= 15 is 0 Å². The maximum Gasteiger partial charge on any atom is 0.264 e. The normalized spacial score (nSPS) is 11.9. The van der Waals surface area contributed by atoms with E-state index in [0.29, 0.717) is 28.8 Å². The van der Waals surface area contributed by atoms with Gasteiger partial charge in [0.25, 0.3) is 20.0 Å². The molecule has 0 atom stereocenters. The van der Waals surface area contributed by atoms with Crippen LogP contribution in [-0.2, 0) is 26.5 Å². The smallest absolute Gasteiger partial charge is 0.264 e. The van der Waals surface area contributed by atoms with Crippen molar-refractivity contribution in [2.45, 2.75) is 16.2 Å². The molecule has 0 fully saturated rings. The van der Waals surface area contributed by atoms with Crippen LogP contribution in [0.1, 0.15) is 11.1 Å². The predicted molar refractivity (Wildman–Crippen MR) is 161 cm³/mol. The Hall–Kier alpha value is -4.80. The van der Waals surface area contributed by atoms with Gasteiger partial charge in [0.2, 0.25) is 0 Å². The number of aromatic nitrogens is 2. The number of pyridine rings is 2. The first kappa shape index (κ1) is 26.4. The van der Waals surface area contributed by atoms with Crippen LogP contribution in [0.25, 0.3) is 21.8 Å². The van der Waals surface area contributed by atoms with Crippen molar-refractivity contribution in [3.8, 4) is 0 Å². The zero-order valence-electron chi connectivity index (χ0n) is 21.6. The average molecular weight is 581 g/mol. The number of nitrogens with zero attached hydrogens (tertiary/aromatic N) is 2. The molecule has 0 saturated carbocycles. The molecule has 0 radical (unpaired) electrons. The number of sulfonamides is 2. The van der Waals surface area contributed by atoms with Crippen LogP contribution < -0.4 is 9.44 Å². The average Bonchev–Trinajstić information content (AvgIpc) is 2.98. The van der Waals surface area contributed by atoms with Crippen LogP contribution in [0.2, 0.25) is 0 Å². The minimum absolute atomic E-state index is 0.118. The fourth-order valence-electron chi connectivity index (χ4n) is 4.62. The Balaban J connectivity index is 1.13. The van der Waals surface area contributed by atoms with Gasteiger partial charge >= 0.3 is 0 Å². The van der Waals surface area contributed by atoms with E-state index < -0.39 is 20.0 Å². The molecule has 204 valence electrons. The van der Waals surface area contributed by atoms with Gasteiger partial charge in [0.05, 0.1) is 11.0 Å². The molecule has 10 heteroatoms. The van der Waals surface area contributed by atoms with Crippen molar-refractivity contribution in [1.82, 2.24) is 9.97 Å². The summed E-state index contributed by atoms with van der Waals surface area (Å²) in [6.45, 7) is 0. The number of rotatable bonds is 8. The van der Waals surface area contributed by atoms with Crippen LogP contribution in [0.5, 0.6) is 0 Å². The molecule has 2 heterocycles. The van der Waals surface area contributed by atoms with Crippen molar-refractivity contribution < 1.29 is 16.8 Å². The summed E-state index contributed by atoms with van der Waals surface area (Å²) in [6, 6.07) is 31.5. The van der Waals surface area contributed by atoms with Crippen LogP contribution in [0.4, 0.5) is 11.4 Å². The second-order valence-corrected chi connectivity index (χ2v) is 12.7. The second kappa shape index (κ2) is 10.6. The van der Waals surface area contributed by atoms with E-state index in [2.05, 4.69) is 19.4 Å². The number of fused-ring (bicyclic) bond motifs is 2. The third-order valence-corrected chi connectivity index (χ3v) is 9.42. The molecule has 2 N–H and O–H groups in total. The molecule has 4 aromatic carbocycles. The van der Waals surface area contributed by atoms with Crippen LogP contribution in [0.3, 0.4) is 0 Å². The lowest BCUT2D eigenvalue weighted by Gasteiger charge is -2.11. The molecular weight excluding hydrogens is 556 g/mol. The molecule has 0 spiro atoms. The number of benzene rings is 4. The van der Waals surface area contributed by atoms with E-state index in [1.807, 2.05) is 48.5 Å². The second-order valence-electron chi connectivity index (χ2n) is 9.44. The highest BCUT2D eigenvalue weighted by molar-refractivity contribution is 7.93. The predicted octanol–water partition coefficient (Wildman–Crippen LogP) is 5.98. The minimum atomic E-state index is -3.84. The lowest BCUT2D eigenvalue weighted by molar-refractivity contribution is 0.600. The summed E-state index contributed by atoms with van der Waals surface area (Å²) in [6.07, 6.45) is 3.72. The molecule has 0 amide bonds. The largest absolute Gasteiger partial charge is 0.280 e. The van der Waals surface area contributed by atoms with E-state index in [1.165, 1.54) is 12.1 Å². The first-order valence-corrected chi connectivity index (χ1v) is 15.7. The standard InChI is InChI=1S/C31H24N4O4S2/c36-40(37,28-9-1-5-24-7-3-19-32-30(24)28)34-26-15-11-22(12-16-26)21-23-13-17-27(18-14-23)35-41(38,39)29-10-2-6-25-8-4-20-33-31(25)29/h1-20,34-35H,21H2. The molecule has 6 aromatic rings. The highest BCUT2D eigenvalue weighted by atomic mass is 32.2. The lowest BCUT2D eigenvalue weighted by Crippen LogP contribution is -2.14. The Kier molecular flexibility index (Phi) is 6.86. The SMILES string of the molecule is O=S(=O)(Nc1ccc(Cc2ccc(NS(=O)(=O)c3cccc4cccnc34)cc2)cc1)c1cccc2cccnc12. The van der Waals surface area contributed by atoms with Gasteiger partial charge in [-0.3, -0.25) is 19.4 Å². The quantitative estimate of drug-likeness (QED) is 0.229. The zero-order valence-corrected chi connectivity index (χ0v) is 23.2. The van der Waals surface area contributed by atoms with E-state index in [-0.39, 0.29) is 9.79 Å². The van der Waals surface area contributed by atoms with Crippen molar-refractivity contribution in [2.75, 3.05) is 9.44 Å². The van der Waals surface area contributed by atoms with Gasteiger partial charge in [-0.05, 0) is 66.1 Å². The summed E-state index contributed by atoms with van der Waals surface area (Å²) in [5.41, 5.74) is 3.64. The number of anilines is 2. The Labute approximate surface area is 237 Å².